The summed E-state index contributed by atoms with van der Waals surface area (Å²) in [5.41, 5.74) is 3.64. The van der Waals surface area contributed by atoms with Gasteiger partial charge in [-0.15, -0.1) is 0 Å². The maximum Gasteiger partial charge on any atom is 0.315 e. The van der Waals surface area contributed by atoms with E-state index in [2.05, 4.69) is 20.8 Å². The fourth-order valence-electron chi connectivity index (χ4n) is 2.26. The van der Waals surface area contributed by atoms with E-state index in [0.717, 1.165) is 22.5 Å². The number of carbonyl (C=O) groups excluding carboxylic acids is 1. The summed E-state index contributed by atoms with van der Waals surface area (Å²) in [6, 6.07) is 1.53. The quantitative estimate of drug-likeness (QED) is 0.798. The third kappa shape index (κ3) is 3.55. The van der Waals surface area contributed by atoms with Gasteiger partial charge in [0.15, 0.2) is 0 Å². The Morgan fingerprint density at radius 1 is 1.18 bits per heavy atom. The summed E-state index contributed by atoms with van der Waals surface area (Å²) < 4.78 is 5.03. The number of nitrogens with zero attached hydrogens (tertiary/aromatic N) is 1. The molecule has 0 spiro atoms. The number of hydrogen-bond donors (Lipinski definition) is 3. The molecular weight excluding hydrogens is 284 g/mol. The van der Waals surface area contributed by atoms with Crippen molar-refractivity contribution in [2.24, 2.45) is 0 Å². The van der Waals surface area contributed by atoms with Gasteiger partial charge in [-0.1, -0.05) is 5.16 Å². The maximum absolute atomic E-state index is 11.9. The van der Waals surface area contributed by atoms with Crippen LogP contribution in [0.2, 0.25) is 0 Å². The minimum atomic E-state index is -0.348. The summed E-state index contributed by atoms with van der Waals surface area (Å²) in [6.45, 7) is 7.79. The first-order valence-electron chi connectivity index (χ1n) is 7.01. The van der Waals surface area contributed by atoms with Crippen LogP contribution in [0.3, 0.4) is 0 Å². The Morgan fingerprint density at radius 2 is 1.82 bits per heavy atom. The van der Waals surface area contributed by atoms with E-state index in [9.17, 15) is 9.59 Å². The van der Waals surface area contributed by atoms with E-state index in [1.54, 1.807) is 6.92 Å². The van der Waals surface area contributed by atoms with Gasteiger partial charge in [0.25, 0.3) is 5.56 Å². The summed E-state index contributed by atoms with van der Waals surface area (Å²) in [5.74, 6) is 0.684. The van der Waals surface area contributed by atoms with Gasteiger partial charge < -0.3 is 20.1 Å². The minimum absolute atomic E-state index is 0.175. The van der Waals surface area contributed by atoms with E-state index >= 15 is 0 Å². The van der Waals surface area contributed by atoms with E-state index in [-0.39, 0.29) is 18.1 Å². The number of amides is 2. The zero-order valence-corrected chi connectivity index (χ0v) is 13.2. The van der Waals surface area contributed by atoms with Crippen molar-refractivity contribution in [1.82, 2.24) is 20.8 Å². The normalized spacial score (nSPS) is 10.5. The molecule has 0 aliphatic heterocycles. The zero-order valence-electron chi connectivity index (χ0n) is 13.2. The average molecular weight is 304 g/mol. The van der Waals surface area contributed by atoms with Crippen LogP contribution < -0.4 is 16.2 Å². The molecule has 0 fully saturated rings. The molecule has 0 unspecified atom stereocenters. The second-order valence-corrected chi connectivity index (χ2v) is 5.28. The maximum atomic E-state index is 11.9. The predicted octanol–water partition coefficient (Wildman–Crippen LogP) is 1.60. The van der Waals surface area contributed by atoms with Crippen LogP contribution in [-0.2, 0) is 13.1 Å². The van der Waals surface area contributed by atoms with Crippen molar-refractivity contribution >= 4 is 6.03 Å². The van der Waals surface area contributed by atoms with E-state index in [1.165, 1.54) is 0 Å². The van der Waals surface area contributed by atoms with Crippen LogP contribution in [0.4, 0.5) is 4.79 Å². The molecule has 0 aliphatic rings. The lowest BCUT2D eigenvalue weighted by Gasteiger charge is -2.09. The third-order valence-electron chi connectivity index (χ3n) is 3.53. The first-order valence-corrected chi connectivity index (χ1v) is 7.01. The number of carbonyl (C=O) groups is 1. The molecule has 22 heavy (non-hydrogen) atoms. The number of pyridine rings is 1. The Kier molecular flexibility index (Phi) is 4.65. The lowest BCUT2D eigenvalue weighted by Crippen LogP contribution is -2.36. The second kappa shape index (κ2) is 6.46. The number of nitrogens with one attached hydrogen (secondary N) is 3. The van der Waals surface area contributed by atoms with E-state index in [1.807, 2.05) is 26.8 Å². The lowest BCUT2D eigenvalue weighted by atomic mass is 10.1. The van der Waals surface area contributed by atoms with Crippen LogP contribution in [0.5, 0.6) is 0 Å². The van der Waals surface area contributed by atoms with E-state index in [4.69, 9.17) is 4.52 Å². The molecule has 3 N–H and O–H groups in total. The van der Waals surface area contributed by atoms with Gasteiger partial charge in [0, 0.05) is 23.4 Å². The number of H-pyrrole nitrogens is 1. The first-order chi connectivity index (χ1) is 10.4. The Balaban J connectivity index is 1.93. The van der Waals surface area contributed by atoms with Crippen LogP contribution in [0.1, 0.15) is 33.8 Å². The number of aromatic nitrogens is 2. The Hall–Kier alpha value is -2.57. The summed E-state index contributed by atoms with van der Waals surface area (Å²) in [7, 11) is 0. The molecule has 0 bridgehead atoms. The largest absolute Gasteiger partial charge is 0.361 e. The van der Waals surface area contributed by atoms with Crippen molar-refractivity contribution in [1.29, 1.82) is 0 Å². The molecular formula is C15H20N4O3. The van der Waals surface area contributed by atoms with Gasteiger partial charge in [0.1, 0.15) is 5.76 Å². The molecule has 0 saturated carbocycles. The highest BCUT2D eigenvalue weighted by atomic mass is 16.5. The number of urea groups is 1. The second-order valence-electron chi connectivity index (χ2n) is 5.28. The standard InChI is InChI=1S/C15H20N4O3/c1-8-5-9(2)18-14(20)12(8)6-16-15(21)17-7-13-10(3)19-22-11(13)4/h5H,6-7H2,1-4H3,(H,18,20)(H2,16,17,21). The third-order valence-corrected chi connectivity index (χ3v) is 3.53. The van der Waals surface area contributed by atoms with Gasteiger partial charge in [0.2, 0.25) is 0 Å². The predicted molar refractivity (Wildman–Crippen MR) is 81.6 cm³/mol. The molecule has 2 rings (SSSR count). The lowest BCUT2D eigenvalue weighted by molar-refractivity contribution is 0.240. The molecule has 7 heteroatoms. The smallest absolute Gasteiger partial charge is 0.315 e. The molecule has 0 atom stereocenters. The molecule has 7 nitrogen and oxygen atoms in total. The fourth-order valence-corrected chi connectivity index (χ4v) is 2.26. The van der Waals surface area contributed by atoms with Gasteiger partial charge in [-0.3, -0.25) is 4.79 Å². The molecule has 0 aromatic carbocycles. The van der Waals surface area contributed by atoms with Crippen LogP contribution in [0, 0.1) is 27.7 Å². The topological polar surface area (TPSA) is 100 Å². The highest BCUT2D eigenvalue weighted by molar-refractivity contribution is 5.73. The first kappa shape index (κ1) is 15.8. The minimum Gasteiger partial charge on any atom is -0.361 e. The molecule has 118 valence electrons. The molecule has 0 saturated heterocycles. The van der Waals surface area contributed by atoms with Gasteiger partial charge >= 0.3 is 6.03 Å². The number of aromatic amines is 1. The molecule has 2 aromatic heterocycles. The van der Waals surface area contributed by atoms with Crippen molar-refractivity contribution < 1.29 is 9.32 Å². The zero-order chi connectivity index (χ0) is 16.3. The van der Waals surface area contributed by atoms with Crippen molar-refractivity contribution in [3.8, 4) is 0 Å². The van der Waals surface area contributed by atoms with Crippen molar-refractivity contribution in [3.05, 3.63) is 50.3 Å². The van der Waals surface area contributed by atoms with Crippen molar-refractivity contribution in [3.63, 3.8) is 0 Å². The number of hydrogen-bond acceptors (Lipinski definition) is 4. The van der Waals surface area contributed by atoms with Crippen molar-refractivity contribution in [2.45, 2.75) is 40.8 Å². The van der Waals surface area contributed by atoms with Gasteiger partial charge in [-0.05, 0) is 39.3 Å². The van der Waals surface area contributed by atoms with Gasteiger partial charge in [0.05, 0.1) is 12.2 Å². The van der Waals surface area contributed by atoms with Crippen LogP contribution >= 0.6 is 0 Å². The number of rotatable bonds is 4. The Morgan fingerprint density at radius 3 is 2.36 bits per heavy atom. The van der Waals surface area contributed by atoms with Gasteiger partial charge in [-0.2, -0.15) is 0 Å². The molecule has 2 heterocycles. The van der Waals surface area contributed by atoms with Crippen LogP contribution in [-0.4, -0.2) is 16.2 Å². The monoisotopic (exact) mass is 304 g/mol. The SMILES string of the molecule is Cc1cc(C)c(CNC(=O)NCc2c(C)noc2C)c(=O)[nH]1. The fraction of sp³-hybridized carbons (Fsp3) is 0.400. The van der Waals surface area contributed by atoms with Gasteiger partial charge in [-0.25, -0.2) is 4.79 Å². The van der Waals surface area contributed by atoms with Crippen LogP contribution in [0.25, 0.3) is 0 Å². The molecule has 0 aliphatic carbocycles. The summed E-state index contributed by atoms with van der Waals surface area (Å²) in [4.78, 5) is 26.4. The summed E-state index contributed by atoms with van der Waals surface area (Å²) in [5, 5.41) is 9.23. The van der Waals surface area contributed by atoms with E-state index in [0.29, 0.717) is 17.9 Å². The molecule has 0 radical (unpaired) electrons. The summed E-state index contributed by atoms with van der Waals surface area (Å²) in [6.07, 6.45) is 0. The van der Waals surface area contributed by atoms with E-state index < -0.39 is 0 Å². The molecule has 2 amide bonds. The van der Waals surface area contributed by atoms with Crippen LogP contribution in [0.15, 0.2) is 15.4 Å². The summed E-state index contributed by atoms with van der Waals surface area (Å²) >= 11 is 0. The highest BCUT2D eigenvalue weighted by Crippen LogP contribution is 2.11. The molecule has 2 aromatic rings. The number of aryl methyl sites for hydroxylation is 4. The Bertz CT molecular complexity index is 726. The highest BCUT2D eigenvalue weighted by Gasteiger charge is 2.11. The Labute approximate surface area is 128 Å². The van der Waals surface area contributed by atoms with Crippen molar-refractivity contribution in [2.75, 3.05) is 0 Å². The average Bonchev–Trinajstić information content (AvgIpc) is 2.74.